The van der Waals surface area contributed by atoms with Gasteiger partial charge in [-0.25, -0.2) is 0 Å². The summed E-state index contributed by atoms with van der Waals surface area (Å²) in [7, 11) is 0. The van der Waals surface area contributed by atoms with Crippen molar-refractivity contribution in [3.8, 4) is 0 Å². The van der Waals surface area contributed by atoms with Crippen LogP contribution in [-0.4, -0.2) is 10.1 Å². The molecular formula is C13H21NO. The van der Waals surface area contributed by atoms with Crippen LogP contribution in [0.1, 0.15) is 54.3 Å². The fourth-order valence-electron chi connectivity index (χ4n) is 2.68. The number of aromatic nitrogens is 1. The Kier molecular flexibility index (Phi) is 2.87. The summed E-state index contributed by atoms with van der Waals surface area (Å²) < 4.78 is 0. The van der Waals surface area contributed by atoms with Crippen LogP contribution in [0.15, 0.2) is 0 Å². The Morgan fingerprint density at radius 2 is 1.73 bits per heavy atom. The van der Waals surface area contributed by atoms with Gasteiger partial charge in [0.05, 0.1) is 6.10 Å². The number of aliphatic hydroxyl groups excluding tert-OH is 1. The van der Waals surface area contributed by atoms with Gasteiger partial charge in [-0.2, -0.15) is 0 Å². The molecule has 2 N–H and O–H groups in total. The number of rotatable bonds is 2. The zero-order valence-corrected chi connectivity index (χ0v) is 9.93. The van der Waals surface area contributed by atoms with E-state index in [4.69, 9.17) is 0 Å². The number of nitrogens with one attached hydrogen (secondary N) is 1. The monoisotopic (exact) mass is 207 g/mol. The van der Waals surface area contributed by atoms with Gasteiger partial charge in [0.2, 0.25) is 0 Å². The zero-order chi connectivity index (χ0) is 11.0. The Morgan fingerprint density at radius 3 is 2.20 bits per heavy atom. The van der Waals surface area contributed by atoms with E-state index in [2.05, 4.69) is 25.8 Å². The predicted molar refractivity (Wildman–Crippen MR) is 61.9 cm³/mol. The quantitative estimate of drug-likeness (QED) is 0.767. The van der Waals surface area contributed by atoms with Gasteiger partial charge in [-0.3, -0.25) is 0 Å². The van der Waals surface area contributed by atoms with Gasteiger partial charge in [0.25, 0.3) is 0 Å². The van der Waals surface area contributed by atoms with E-state index in [0.717, 1.165) is 5.69 Å². The third kappa shape index (κ3) is 1.83. The molecule has 2 heteroatoms. The third-order valence-corrected chi connectivity index (χ3v) is 3.99. The van der Waals surface area contributed by atoms with Crippen LogP contribution in [0.2, 0.25) is 0 Å². The Balaban J connectivity index is 2.24. The summed E-state index contributed by atoms with van der Waals surface area (Å²) in [6.45, 7) is 6.30. The third-order valence-electron chi connectivity index (χ3n) is 3.99. The number of aromatic amines is 1. The molecule has 1 aliphatic rings. The highest BCUT2D eigenvalue weighted by atomic mass is 16.3. The van der Waals surface area contributed by atoms with E-state index in [9.17, 15) is 5.11 Å². The Bertz CT molecular complexity index is 348. The highest BCUT2D eigenvalue weighted by Crippen LogP contribution is 2.37. The molecule has 1 aromatic heterocycles. The summed E-state index contributed by atoms with van der Waals surface area (Å²) in [4.78, 5) is 3.34. The highest BCUT2D eigenvalue weighted by molar-refractivity contribution is 5.35. The minimum absolute atomic E-state index is 0.278. The van der Waals surface area contributed by atoms with Crippen molar-refractivity contribution in [2.24, 2.45) is 5.92 Å². The average Bonchev–Trinajstić information content (AvgIpc) is 2.82. The van der Waals surface area contributed by atoms with E-state index < -0.39 is 0 Å². The number of aliphatic hydroxyl groups is 1. The van der Waals surface area contributed by atoms with Gasteiger partial charge in [0, 0.05) is 11.4 Å². The van der Waals surface area contributed by atoms with Gasteiger partial charge >= 0.3 is 0 Å². The van der Waals surface area contributed by atoms with Crippen molar-refractivity contribution in [2.45, 2.75) is 52.6 Å². The maximum atomic E-state index is 10.3. The summed E-state index contributed by atoms with van der Waals surface area (Å²) in [6.07, 6.45) is 4.63. The maximum Gasteiger partial charge on any atom is 0.0968 e. The molecule has 1 aliphatic carbocycles. The van der Waals surface area contributed by atoms with Crippen molar-refractivity contribution in [1.82, 2.24) is 4.98 Å². The van der Waals surface area contributed by atoms with Crippen LogP contribution in [-0.2, 0) is 0 Å². The molecule has 0 aromatic carbocycles. The first-order valence-corrected chi connectivity index (χ1v) is 5.95. The molecule has 2 nitrogen and oxygen atoms in total. The Labute approximate surface area is 91.7 Å². The van der Waals surface area contributed by atoms with Gasteiger partial charge in [0.15, 0.2) is 0 Å². The van der Waals surface area contributed by atoms with Gasteiger partial charge in [-0.05, 0) is 50.7 Å². The van der Waals surface area contributed by atoms with Crippen molar-refractivity contribution in [2.75, 3.05) is 0 Å². The lowest BCUT2D eigenvalue weighted by Crippen LogP contribution is -2.10. The molecule has 1 saturated carbocycles. The van der Waals surface area contributed by atoms with E-state index in [0.29, 0.717) is 5.92 Å². The van der Waals surface area contributed by atoms with Crippen molar-refractivity contribution < 1.29 is 5.11 Å². The number of H-pyrrole nitrogens is 1. The largest absolute Gasteiger partial charge is 0.387 e. The van der Waals surface area contributed by atoms with Crippen molar-refractivity contribution >= 4 is 0 Å². The summed E-state index contributed by atoms with van der Waals surface area (Å²) in [5.41, 5.74) is 4.78. The second-order valence-corrected chi connectivity index (χ2v) is 4.90. The van der Waals surface area contributed by atoms with Crippen LogP contribution in [0.4, 0.5) is 0 Å². The van der Waals surface area contributed by atoms with Crippen LogP contribution >= 0.6 is 0 Å². The lowest BCUT2D eigenvalue weighted by atomic mass is 9.96. The highest BCUT2D eigenvalue weighted by Gasteiger charge is 2.27. The molecule has 0 radical (unpaired) electrons. The minimum atomic E-state index is -0.278. The second kappa shape index (κ2) is 4.01. The molecule has 0 amide bonds. The first-order chi connectivity index (χ1) is 7.11. The molecule has 1 unspecified atom stereocenters. The van der Waals surface area contributed by atoms with E-state index >= 15 is 0 Å². The fourth-order valence-corrected chi connectivity index (χ4v) is 2.68. The molecule has 2 rings (SSSR count). The van der Waals surface area contributed by atoms with Crippen LogP contribution in [0.5, 0.6) is 0 Å². The minimum Gasteiger partial charge on any atom is -0.387 e. The molecule has 1 aromatic rings. The molecule has 1 atom stereocenters. The summed E-state index contributed by atoms with van der Waals surface area (Å²) in [5.74, 6) is 0.473. The van der Waals surface area contributed by atoms with E-state index in [-0.39, 0.29) is 6.10 Å². The maximum absolute atomic E-state index is 10.3. The normalized spacial score (nSPS) is 19.7. The smallest absolute Gasteiger partial charge is 0.0968 e. The summed E-state index contributed by atoms with van der Waals surface area (Å²) in [6, 6.07) is 0. The summed E-state index contributed by atoms with van der Waals surface area (Å²) >= 11 is 0. The molecule has 15 heavy (non-hydrogen) atoms. The summed E-state index contributed by atoms with van der Waals surface area (Å²) in [5, 5.41) is 10.3. The van der Waals surface area contributed by atoms with Crippen LogP contribution < -0.4 is 0 Å². The number of hydrogen-bond acceptors (Lipinski definition) is 1. The predicted octanol–water partition coefficient (Wildman–Crippen LogP) is 3.16. The molecule has 0 spiro atoms. The Morgan fingerprint density at radius 1 is 1.13 bits per heavy atom. The van der Waals surface area contributed by atoms with Crippen molar-refractivity contribution in [1.29, 1.82) is 0 Å². The molecule has 1 heterocycles. The van der Waals surface area contributed by atoms with Crippen LogP contribution in [0.3, 0.4) is 0 Å². The zero-order valence-electron chi connectivity index (χ0n) is 9.93. The van der Waals surface area contributed by atoms with Crippen LogP contribution in [0.25, 0.3) is 0 Å². The van der Waals surface area contributed by atoms with Crippen molar-refractivity contribution in [3.63, 3.8) is 0 Å². The lowest BCUT2D eigenvalue weighted by molar-refractivity contribution is 0.107. The van der Waals surface area contributed by atoms with Gasteiger partial charge in [-0.1, -0.05) is 12.8 Å². The number of aryl methyl sites for hydroxylation is 1. The first-order valence-electron chi connectivity index (χ1n) is 5.95. The standard InChI is InChI=1S/C13H21NO/c1-8-9(2)12(14-10(8)3)13(15)11-6-4-5-7-11/h11,13-15H,4-7H2,1-3H3. The van der Waals surface area contributed by atoms with E-state index in [1.54, 1.807) is 0 Å². The SMILES string of the molecule is Cc1[nH]c(C(O)C2CCCC2)c(C)c1C. The van der Waals surface area contributed by atoms with E-state index in [1.165, 1.54) is 42.5 Å². The fraction of sp³-hybridized carbons (Fsp3) is 0.692. The molecule has 1 fully saturated rings. The molecular weight excluding hydrogens is 186 g/mol. The number of hydrogen-bond donors (Lipinski definition) is 2. The van der Waals surface area contributed by atoms with Gasteiger partial charge in [-0.15, -0.1) is 0 Å². The molecule has 0 bridgehead atoms. The van der Waals surface area contributed by atoms with Crippen LogP contribution in [0, 0.1) is 26.7 Å². The molecule has 0 aliphatic heterocycles. The lowest BCUT2D eigenvalue weighted by Gasteiger charge is -2.17. The molecule has 0 saturated heterocycles. The molecule has 84 valence electrons. The Hall–Kier alpha value is -0.760. The topological polar surface area (TPSA) is 36.0 Å². The van der Waals surface area contributed by atoms with Gasteiger partial charge in [0.1, 0.15) is 0 Å². The van der Waals surface area contributed by atoms with E-state index in [1.807, 2.05) is 0 Å². The average molecular weight is 207 g/mol. The second-order valence-electron chi connectivity index (χ2n) is 4.90. The first kappa shape index (κ1) is 10.7. The van der Waals surface area contributed by atoms with Gasteiger partial charge < -0.3 is 10.1 Å². The van der Waals surface area contributed by atoms with Crippen molar-refractivity contribution in [3.05, 3.63) is 22.5 Å².